The molecule has 1 aliphatic rings. The molecule has 106 valence electrons. The molecule has 2 heteroatoms. The fourth-order valence-electron chi connectivity index (χ4n) is 1.87. The minimum absolute atomic E-state index is 0.359. The van der Waals surface area contributed by atoms with Gasteiger partial charge in [0, 0.05) is 19.2 Å². The first-order chi connectivity index (χ1) is 9.03. The molecule has 2 rings (SSSR count). The second kappa shape index (κ2) is 6.53. The lowest BCUT2D eigenvalue weighted by atomic mass is 9.93. The van der Waals surface area contributed by atoms with Gasteiger partial charge in [0.2, 0.25) is 0 Å². The van der Waals surface area contributed by atoms with Crippen LogP contribution in [0.5, 0.6) is 0 Å². The van der Waals surface area contributed by atoms with Gasteiger partial charge in [-0.15, -0.1) is 0 Å². The third-order valence-electron chi connectivity index (χ3n) is 3.46. The molecule has 2 nitrogen and oxygen atoms in total. The van der Waals surface area contributed by atoms with E-state index in [0.717, 1.165) is 32.2 Å². The van der Waals surface area contributed by atoms with E-state index in [-0.39, 0.29) is 0 Å². The molecule has 1 fully saturated rings. The lowest BCUT2D eigenvalue weighted by Crippen LogP contribution is -2.15. The van der Waals surface area contributed by atoms with Gasteiger partial charge in [-0.1, -0.05) is 45.0 Å². The second-order valence-electron chi connectivity index (χ2n) is 6.83. The molecule has 1 N–H and O–H groups in total. The fourth-order valence-corrected chi connectivity index (χ4v) is 1.87. The van der Waals surface area contributed by atoms with Gasteiger partial charge in [0.15, 0.2) is 0 Å². The van der Waals surface area contributed by atoms with Crippen molar-refractivity contribution in [2.45, 2.75) is 59.2 Å². The van der Waals surface area contributed by atoms with E-state index in [4.69, 9.17) is 4.74 Å². The maximum atomic E-state index is 5.73. The lowest BCUT2D eigenvalue weighted by Gasteiger charge is -2.17. The van der Waals surface area contributed by atoms with E-state index in [1.165, 1.54) is 24.0 Å². The van der Waals surface area contributed by atoms with Crippen molar-refractivity contribution in [2.24, 2.45) is 5.41 Å². The highest BCUT2D eigenvalue weighted by atomic mass is 16.5. The predicted octanol–water partition coefficient (Wildman–Crippen LogP) is 3.89. The van der Waals surface area contributed by atoms with Crippen LogP contribution in [0.3, 0.4) is 0 Å². The van der Waals surface area contributed by atoms with Gasteiger partial charge in [-0.3, -0.25) is 0 Å². The molecule has 0 atom stereocenters. The van der Waals surface area contributed by atoms with Crippen molar-refractivity contribution < 1.29 is 4.74 Å². The Bertz CT molecular complexity index is 373. The van der Waals surface area contributed by atoms with Gasteiger partial charge in [0.1, 0.15) is 0 Å². The molecule has 1 aromatic rings. The van der Waals surface area contributed by atoms with Crippen molar-refractivity contribution in [1.82, 2.24) is 5.32 Å². The van der Waals surface area contributed by atoms with Crippen molar-refractivity contribution in [1.29, 1.82) is 0 Å². The summed E-state index contributed by atoms with van der Waals surface area (Å²) in [4.78, 5) is 0. The topological polar surface area (TPSA) is 21.3 Å². The number of hydrogen-bond donors (Lipinski definition) is 1. The highest BCUT2D eigenvalue weighted by Crippen LogP contribution is 2.20. The zero-order valence-electron chi connectivity index (χ0n) is 12.5. The monoisotopic (exact) mass is 261 g/mol. The van der Waals surface area contributed by atoms with Crippen LogP contribution in [0.25, 0.3) is 0 Å². The number of rotatable bonds is 7. The molecule has 0 saturated heterocycles. The standard InChI is InChI=1S/C17H27NO/c1-17(2,3)10-11-19-13-15-6-4-14(5-7-15)12-18-16-8-9-16/h4-7,16,18H,8-13H2,1-3H3. The largest absolute Gasteiger partial charge is 0.377 e. The normalized spacial score (nSPS) is 15.7. The maximum absolute atomic E-state index is 5.73. The second-order valence-corrected chi connectivity index (χ2v) is 6.83. The highest BCUT2D eigenvalue weighted by Gasteiger charge is 2.19. The van der Waals surface area contributed by atoms with E-state index >= 15 is 0 Å². The maximum Gasteiger partial charge on any atom is 0.0716 e. The molecular weight excluding hydrogens is 234 g/mol. The minimum atomic E-state index is 0.359. The van der Waals surface area contributed by atoms with Gasteiger partial charge in [-0.05, 0) is 35.8 Å². The number of benzene rings is 1. The minimum Gasteiger partial charge on any atom is -0.377 e. The van der Waals surface area contributed by atoms with E-state index in [1.54, 1.807) is 0 Å². The summed E-state index contributed by atoms with van der Waals surface area (Å²) in [5, 5.41) is 3.53. The highest BCUT2D eigenvalue weighted by molar-refractivity contribution is 5.22. The Labute approximate surface area is 117 Å². The Kier molecular flexibility index (Phi) is 5.00. The number of nitrogens with one attached hydrogen (secondary N) is 1. The van der Waals surface area contributed by atoms with Crippen LogP contribution in [0.4, 0.5) is 0 Å². The first-order valence-corrected chi connectivity index (χ1v) is 7.42. The van der Waals surface area contributed by atoms with Gasteiger partial charge in [-0.2, -0.15) is 0 Å². The molecule has 1 saturated carbocycles. The summed E-state index contributed by atoms with van der Waals surface area (Å²) in [7, 11) is 0. The van der Waals surface area contributed by atoms with E-state index < -0.39 is 0 Å². The average Bonchev–Trinajstić information content (AvgIpc) is 3.16. The molecule has 0 radical (unpaired) electrons. The smallest absolute Gasteiger partial charge is 0.0716 e. The van der Waals surface area contributed by atoms with Crippen LogP contribution in [0.15, 0.2) is 24.3 Å². The first-order valence-electron chi connectivity index (χ1n) is 7.42. The van der Waals surface area contributed by atoms with E-state index in [2.05, 4.69) is 50.4 Å². The summed E-state index contributed by atoms with van der Waals surface area (Å²) < 4.78 is 5.73. The van der Waals surface area contributed by atoms with E-state index in [1.807, 2.05) is 0 Å². The third kappa shape index (κ3) is 6.22. The Hall–Kier alpha value is -0.860. The summed E-state index contributed by atoms with van der Waals surface area (Å²) in [6.07, 6.45) is 3.80. The van der Waals surface area contributed by atoms with Crippen molar-refractivity contribution >= 4 is 0 Å². The molecule has 0 aliphatic heterocycles. The summed E-state index contributed by atoms with van der Waals surface area (Å²) in [6.45, 7) is 9.31. The van der Waals surface area contributed by atoms with Gasteiger partial charge in [-0.25, -0.2) is 0 Å². The van der Waals surface area contributed by atoms with E-state index in [9.17, 15) is 0 Å². The quantitative estimate of drug-likeness (QED) is 0.752. The Balaban J connectivity index is 1.66. The third-order valence-corrected chi connectivity index (χ3v) is 3.46. The molecule has 0 spiro atoms. The van der Waals surface area contributed by atoms with E-state index in [0.29, 0.717) is 5.41 Å². The molecule has 0 aromatic heterocycles. The van der Waals surface area contributed by atoms with Crippen LogP contribution >= 0.6 is 0 Å². The van der Waals surface area contributed by atoms with Crippen LogP contribution < -0.4 is 5.32 Å². The molecule has 0 heterocycles. The molecule has 1 aromatic carbocycles. The zero-order valence-corrected chi connectivity index (χ0v) is 12.5. The van der Waals surface area contributed by atoms with Crippen LogP contribution in [0.1, 0.15) is 51.2 Å². The Morgan fingerprint density at radius 3 is 2.32 bits per heavy atom. The van der Waals surface area contributed by atoms with Crippen molar-refractivity contribution in [3.05, 3.63) is 35.4 Å². The molecule has 0 bridgehead atoms. The summed E-state index contributed by atoms with van der Waals surface area (Å²) in [6, 6.07) is 9.55. The fraction of sp³-hybridized carbons (Fsp3) is 0.647. The Morgan fingerprint density at radius 1 is 1.11 bits per heavy atom. The SMILES string of the molecule is CC(C)(C)CCOCc1ccc(CNC2CC2)cc1. The van der Waals surface area contributed by atoms with Crippen LogP contribution in [0, 0.1) is 5.41 Å². The lowest BCUT2D eigenvalue weighted by molar-refractivity contribution is 0.0962. The molecule has 0 amide bonds. The average molecular weight is 261 g/mol. The number of hydrogen-bond acceptors (Lipinski definition) is 2. The zero-order chi connectivity index (χ0) is 13.7. The van der Waals surface area contributed by atoms with Crippen molar-refractivity contribution in [3.8, 4) is 0 Å². The van der Waals surface area contributed by atoms with Crippen molar-refractivity contribution in [2.75, 3.05) is 6.61 Å². The molecule has 0 unspecified atom stereocenters. The number of ether oxygens (including phenoxy) is 1. The molecular formula is C17H27NO. The first kappa shape index (κ1) is 14.5. The van der Waals surface area contributed by atoms with Crippen LogP contribution in [0.2, 0.25) is 0 Å². The van der Waals surface area contributed by atoms with Gasteiger partial charge in [0.05, 0.1) is 6.61 Å². The van der Waals surface area contributed by atoms with Gasteiger partial charge < -0.3 is 10.1 Å². The van der Waals surface area contributed by atoms with Gasteiger partial charge in [0.25, 0.3) is 0 Å². The van der Waals surface area contributed by atoms with Gasteiger partial charge >= 0.3 is 0 Å². The van der Waals surface area contributed by atoms with Crippen LogP contribution in [-0.4, -0.2) is 12.6 Å². The Morgan fingerprint density at radius 2 is 1.74 bits per heavy atom. The predicted molar refractivity (Wildman–Crippen MR) is 80.0 cm³/mol. The van der Waals surface area contributed by atoms with Crippen LogP contribution in [-0.2, 0) is 17.9 Å². The van der Waals surface area contributed by atoms with Crippen molar-refractivity contribution in [3.63, 3.8) is 0 Å². The molecule has 19 heavy (non-hydrogen) atoms. The summed E-state index contributed by atoms with van der Waals surface area (Å²) >= 11 is 0. The molecule has 1 aliphatic carbocycles. The summed E-state index contributed by atoms with van der Waals surface area (Å²) in [5.41, 5.74) is 2.99. The summed E-state index contributed by atoms with van der Waals surface area (Å²) in [5.74, 6) is 0.